The van der Waals surface area contributed by atoms with Crippen LogP contribution in [0.25, 0.3) is 0 Å². The van der Waals surface area contributed by atoms with Gasteiger partial charge in [-0.2, -0.15) is 0 Å². The topological polar surface area (TPSA) is 13.0 Å². The van der Waals surface area contributed by atoms with Gasteiger partial charge in [0.1, 0.15) is 0 Å². The molecule has 0 aromatic heterocycles. The molecule has 0 amide bonds. The summed E-state index contributed by atoms with van der Waals surface area (Å²) in [4.78, 5) is 0. The monoisotopic (exact) mass is 538 g/mol. The van der Waals surface area contributed by atoms with E-state index in [-0.39, 0.29) is 0 Å². The minimum atomic E-state index is -2.82. The SMILES string of the molecule is CCCCCCCN(CCCCCCC)P(Br)(N(CC)CC)(N(CC)CC)N(CC)CC. The molecule has 0 aliphatic rings. The Balaban J connectivity index is 6.34. The van der Waals surface area contributed by atoms with Crippen LogP contribution in [0.2, 0.25) is 0 Å². The molecular weight excluding hydrogens is 479 g/mol. The Hall–Kier alpha value is 0.750. The van der Waals surface area contributed by atoms with E-state index in [4.69, 9.17) is 15.5 Å². The Labute approximate surface area is 211 Å². The second-order valence-corrected chi connectivity index (χ2v) is 16.8. The van der Waals surface area contributed by atoms with Gasteiger partial charge in [0, 0.05) is 0 Å². The van der Waals surface area contributed by atoms with Crippen molar-refractivity contribution in [1.82, 2.24) is 18.7 Å². The fraction of sp³-hybridized carbons (Fsp3) is 1.00. The van der Waals surface area contributed by atoms with E-state index < -0.39 is 5.91 Å². The van der Waals surface area contributed by atoms with Crippen molar-refractivity contribution in [2.75, 3.05) is 52.4 Å². The molecule has 196 valence electrons. The van der Waals surface area contributed by atoms with Gasteiger partial charge in [-0.1, -0.05) is 0 Å². The molecule has 0 atom stereocenters. The predicted octanol–water partition coefficient (Wildman–Crippen LogP) is 8.78. The average Bonchev–Trinajstić information content (AvgIpc) is 2.79. The van der Waals surface area contributed by atoms with E-state index in [0.29, 0.717) is 0 Å². The fourth-order valence-electron chi connectivity index (χ4n) is 5.45. The average molecular weight is 540 g/mol. The molecule has 0 bridgehead atoms. The van der Waals surface area contributed by atoms with E-state index in [1.54, 1.807) is 0 Å². The third kappa shape index (κ3) is 7.89. The molecule has 0 aromatic carbocycles. The van der Waals surface area contributed by atoms with Gasteiger partial charge in [-0.25, -0.2) is 0 Å². The van der Waals surface area contributed by atoms with Gasteiger partial charge in [-0.3, -0.25) is 0 Å². The molecule has 0 N–H and O–H groups in total. The summed E-state index contributed by atoms with van der Waals surface area (Å²) in [6, 6.07) is 0. The molecule has 0 saturated carbocycles. The van der Waals surface area contributed by atoms with Crippen molar-refractivity contribution in [1.29, 1.82) is 0 Å². The summed E-state index contributed by atoms with van der Waals surface area (Å²) in [7, 11) is 0. The first-order valence-electron chi connectivity index (χ1n) is 14.2. The van der Waals surface area contributed by atoms with Gasteiger partial charge in [-0.05, 0) is 0 Å². The summed E-state index contributed by atoms with van der Waals surface area (Å²) in [6.07, 6.45) is 13.5. The third-order valence-electron chi connectivity index (χ3n) is 7.18. The van der Waals surface area contributed by atoms with Crippen molar-refractivity contribution < 1.29 is 0 Å². The van der Waals surface area contributed by atoms with Crippen molar-refractivity contribution in [3.05, 3.63) is 0 Å². The molecule has 0 aliphatic heterocycles. The molecule has 0 saturated heterocycles. The van der Waals surface area contributed by atoms with Crippen LogP contribution in [0, 0.1) is 0 Å². The van der Waals surface area contributed by atoms with Gasteiger partial charge < -0.3 is 0 Å². The van der Waals surface area contributed by atoms with Gasteiger partial charge in [-0.15, -0.1) is 0 Å². The van der Waals surface area contributed by atoms with Crippen LogP contribution in [-0.2, 0) is 0 Å². The molecule has 0 aliphatic carbocycles. The Morgan fingerprint density at radius 2 is 0.688 bits per heavy atom. The number of unbranched alkanes of at least 4 members (excludes halogenated alkanes) is 8. The second-order valence-electron chi connectivity index (χ2n) is 9.04. The molecule has 6 heteroatoms. The van der Waals surface area contributed by atoms with Crippen LogP contribution in [0.3, 0.4) is 0 Å². The molecule has 0 aromatic rings. The van der Waals surface area contributed by atoms with Crippen LogP contribution in [0.5, 0.6) is 0 Å². The summed E-state index contributed by atoms with van der Waals surface area (Å²) >= 11 is 4.72. The predicted molar refractivity (Wildman–Crippen MR) is 154 cm³/mol. The summed E-state index contributed by atoms with van der Waals surface area (Å²) in [5, 5.41) is 0. The summed E-state index contributed by atoms with van der Waals surface area (Å²) in [6.45, 7) is 27.7. The zero-order valence-electron chi connectivity index (χ0n) is 23.3. The van der Waals surface area contributed by atoms with E-state index in [2.05, 4.69) is 74.1 Å². The summed E-state index contributed by atoms with van der Waals surface area (Å²) < 4.78 is 11.4. The van der Waals surface area contributed by atoms with Crippen LogP contribution in [-0.4, -0.2) is 71.0 Å². The minimum absolute atomic E-state index is 1.08. The summed E-state index contributed by atoms with van der Waals surface area (Å²) in [5.74, 6) is -2.82. The van der Waals surface area contributed by atoms with Gasteiger partial charge in [0.2, 0.25) is 0 Å². The standard InChI is InChI=1S/C26H60BrN4P/c1-9-17-19-21-23-25-31(26-24-22-20-18-10-2)32(27,28(11-3)12-4,29(13-5)14-6)30(15-7)16-8/h9-26H2,1-8H3. The quantitative estimate of drug-likeness (QED) is 0.101. The fourth-order valence-corrected chi connectivity index (χ4v) is 16.5. The van der Waals surface area contributed by atoms with Crippen LogP contribution < -0.4 is 0 Å². The third-order valence-corrected chi connectivity index (χ3v) is 18.5. The van der Waals surface area contributed by atoms with Gasteiger partial charge in [0.25, 0.3) is 0 Å². The Morgan fingerprint density at radius 1 is 0.406 bits per heavy atom. The number of nitrogens with zero attached hydrogens (tertiary/aromatic N) is 4. The molecule has 0 radical (unpaired) electrons. The van der Waals surface area contributed by atoms with Crippen molar-refractivity contribution in [3.8, 4) is 0 Å². The van der Waals surface area contributed by atoms with E-state index in [0.717, 1.165) is 39.3 Å². The van der Waals surface area contributed by atoms with Crippen molar-refractivity contribution >= 4 is 21.4 Å². The Bertz CT molecular complexity index is 392. The number of rotatable bonds is 22. The molecule has 0 fully saturated rings. The van der Waals surface area contributed by atoms with Crippen molar-refractivity contribution in [2.45, 2.75) is 120 Å². The molecule has 0 heterocycles. The van der Waals surface area contributed by atoms with E-state index >= 15 is 0 Å². The van der Waals surface area contributed by atoms with Gasteiger partial charge >= 0.3 is 212 Å². The number of hydrogen-bond acceptors (Lipinski definition) is 4. The first-order valence-corrected chi connectivity index (χ1v) is 18.2. The Kier molecular flexibility index (Phi) is 18.5. The maximum atomic E-state index is 4.72. The molecule has 4 nitrogen and oxygen atoms in total. The van der Waals surface area contributed by atoms with Crippen LogP contribution in [0.4, 0.5) is 0 Å². The Morgan fingerprint density at radius 3 is 0.938 bits per heavy atom. The van der Waals surface area contributed by atoms with Crippen molar-refractivity contribution in [3.63, 3.8) is 0 Å². The van der Waals surface area contributed by atoms with Crippen LogP contribution >= 0.6 is 21.4 Å². The molecule has 0 rings (SSSR count). The van der Waals surface area contributed by atoms with Gasteiger partial charge in [0.15, 0.2) is 0 Å². The first kappa shape index (κ1) is 32.8. The zero-order chi connectivity index (χ0) is 24.5. The van der Waals surface area contributed by atoms with E-state index in [9.17, 15) is 0 Å². The van der Waals surface area contributed by atoms with Crippen LogP contribution in [0.1, 0.15) is 120 Å². The molecule has 0 spiro atoms. The van der Waals surface area contributed by atoms with E-state index in [1.807, 2.05) is 0 Å². The van der Waals surface area contributed by atoms with Gasteiger partial charge in [0.05, 0.1) is 0 Å². The normalized spacial score (nSPS) is 14.1. The number of halogens is 1. The molecular formula is C26H60BrN4P. The maximum absolute atomic E-state index is 4.72. The summed E-state index contributed by atoms with van der Waals surface area (Å²) in [5.41, 5.74) is 0. The van der Waals surface area contributed by atoms with Crippen molar-refractivity contribution in [2.24, 2.45) is 0 Å². The first-order chi connectivity index (χ1) is 15.4. The molecule has 32 heavy (non-hydrogen) atoms. The second kappa shape index (κ2) is 18.1. The zero-order valence-corrected chi connectivity index (χ0v) is 25.8. The van der Waals surface area contributed by atoms with Crippen LogP contribution in [0.15, 0.2) is 0 Å². The van der Waals surface area contributed by atoms with E-state index in [1.165, 1.54) is 77.3 Å². The number of hydrogen-bond donors (Lipinski definition) is 0. The molecule has 0 unspecified atom stereocenters.